The lowest BCUT2D eigenvalue weighted by atomic mass is 9.81. The summed E-state index contributed by atoms with van der Waals surface area (Å²) in [7, 11) is 0. The van der Waals surface area contributed by atoms with Crippen LogP contribution in [0.25, 0.3) is 0 Å². The van der Waals surface area contributed by atoms with Crippen molar-refractivity contribution in [3.63, 3.8) is 0 Å². The fourth-order valence-corrected chi connectivity index (χ4v) is 1.95. The molecule has 2 unspecified atom stereocenters. The molecule has 0 fully saturated rings. The van der Waals surface area contributed by atoms with Crippen LogP contribution in [0.4, 0.5) is 0 Å². The number of rotatable bonds is 1. The molecule has 1 rings (SSSR count). The highest BCUT2D eigenvalue weighted by atomic mass is 127. The first-order chi connectivity index (χ1) is 4.69. The average Bonchev–Trinajstić information content (AvgIpc) is 1.96. The highest BCUT2D eigenvalue weighted by molar-refractivity contribution is 14.1. The second-order valence-corrected chi connectivity index (χ2v) is 4.35. The van der Waals surface area contributed by atoms with E-state index < -0.39 is 0 Å². The highest BCUT2D eigenvalue weighted by Gasteiger charge is 2.26. The lowest BCUT2D eigenvalue weighted by Gasteiger charge is -2.30. The standard InChI is InChI=1S/C9H13I/c1-3-9(2)7-5-4-6-8(9)10/h4-8H,3H2,1-2H3. The van der Waals surface area contributed by atoms with Crippen molar-refractivity contribution in [2.75, 3.05) is 0 Å². The third-order valence-electron chi connectivity index (χ3n) is 2.26. The molecule has 1 aliphatic carbocycles. The minimum Gasteiger partial charge on any atom is -0.0772 e. The van der Waals surface area contributed by atoms with Gasteiger partial charge in [-0.25, -0.2) is 0 Å². The molecule has 0 saturated carbocycles. The van der Waals surface area contributed by atoms with E-state index in [2.05, 4.69) is 60.7 Å². The van der Waals surface area contributed by atoms with E-state index >= 15 is 0 Å². The van der Waals surface area contributed by atoms with Gasteiger partial charge in [0.25, 0.3) is 0 Å². The largest absolute Gasteiger partial charge is 0.0772 e. The zero-order chi connectivity index (χ0) is 7.61. The van der Waals surface area contributed by atoms with Crippen molar-refractivity contribution in [1.29, 1.82) is 0 Å². The van der Waals surface area contributed by atoms with Crippen molar-refractivity contribution in [1.82, 2.24) is 0 Å². The molecule has 1 aliphatic rings. The summed E-state index contributed by atoms with van der Waals surface area (Å²) in [6.45, 7) is 4.55. The van der Waals surface area contributed by atoms with E-state index in [9.17, 15) is 0 Å². The molecule has 0 radical (unpaired) electrons. The van der Waals surface area contributed by atoms with Gasteiger partial charge in [-0.05, 0) is 6.42 Å². The Morgan fingerprint density at radius 2 is 2.20 bits per heavy atom. The van der Waals surface area contributed by atoms with Gasteiger partial charge in [0.05, 0.1) is 0 Å². The van der Waals surface area contributed by atoms with Gasteiger partial charge in [0.1, 0.15) is 0 Å². The maximum absolute atomic E-state index is 2.50. The Labute approximate surface area is 76.5 Å². The molecule has 2 atom stereocenters. The zero-order valence-corrected chi connectivity index (χ0v) is 8.63. The van der Waals surface area contributed by atoms with E-state index in [1.165, 1.54) is 6.42 Å². The van der Waals surface area contributed by atoms with Gasteiger partial charge >= 0.3 is 0 Å². The SMILES string of the molecule is CCC1(C)C=CC=CC1I. The van der Waals surface area contributed by atoms with Gasteiger partial charge in [0.15, 0.2) is 0 Å². The molecule has 10 heavy (non-hydrogen) atoms. The van der Waals surface area contributed by atoms with E-state index in [1.807, 2.05) is 0 Å². The summed E-state index contributed by atoms with van der Waals surface area (Å²) in [6, 6.07) is 0. The van der Waals surface area contributed by atoms with Gasteiger partial charge < -0.3 is 0 Å². The van der Waals surface area contributed by atoms with Crippen molar-refractivity contribution < 1.29 is 0 Å². The molecule has 0 bridgehead atoms. The minimum atomic E-state index is 0.398. The first-order valence-corrected chi connectivity index (χ1v) is 4.94. The first-order valence-electron chi connectivity index (χ1n) is 3.69. The number of hydrogen-bond donors (Lipinski definition) is 0. The van der Waals surface area contributed by atoms with Gasteiger partial charge in [-0.3, -0.25) is 0 Å². The van der Waals surface area contributed by atoms with E-state index in [0.717, 1.165) is 0 Å². The van der Waals surface area contributed by atoms with Crippen molar-refractivity contribution in [3.8, 4) is 0 Å². The molecule has 0 spiro atoms. The van der Waals surface area contributed by atoms with Crippen LogP contribution in [-0.2, 0) is 0 Å². The molecule has 0 saturated heterocycles. The van der Waals surface area contributed by atoms with Crippen molar-refractivity contribution >= 4 is 22.6 Å². The quantitative estimate of drug-likeness (QED) is 0.493. The Morgan fingerprint density at radius 3 is 2.60 bits per heavy atom. The van der Waals surface area contributed by atoms with Crippen LogP contribution in [0.1, 0.15) is 20.3 Å². The minimum absolute atomic E-state index is 0.398. The predicted molar refractivity (Wildman–Crippen MR) is 54.5 cm³/mol. The molecule has 1 heteroatoms. The maximum Gasteiger partial charge on any atom is 0.0380 e. The third kappa shape index (κ3) is 1.44. The Bertz CT molecular complexity index is 170. The molecule has 56 valence electrons. The summed E-state index contributed by atoms with van der Waals surface area (Å²) in [6.07, 6.45) is 10.1. The van der Waals surface area contributed by atoms with Crippen molar-refractivity contribution in [2.45, 2.75) is 24.2 Å². The fraction of sp³-hybridized carbons (Fsp3) is 0.556. The van der Waals surface area contributed by atoms with Gasteiger partial charge in [0.2, 0.25) is 0 Å². The normalized spacial score (nSPS) is 38.5. The zero-order valence-electron chi connectivity index (χ0n) is 6.47. The van der Waals surface area contributed by atoms with Gasteiger partial charge in [-0.1, -0.05) is 60.7 Å². The van der Waals surface area contributed by atoms with Crippen LogP contribution in [0.15, 0.2) is 24.3 Å². The van der Waals surface area contributed by atoms with E-state index in [1.54, 1.807) is 0 Å². The molecule has 0 amide bonds. The Balaban J connectivity index is 2.77. The number of halogens is 1. The summed E-state index contributed by atoms with van der Waals surface area (Å²) in [4.78, 5) is 0. The molecular weight excluding hydrogens is 235 g/mol. The van der Waals surface area contributed by atoms with Crippen molar-refractivity contribution in [2.24, 2.45) is 5.41 Å². The molecule has 0 N–H and O–H groups in total. The number of hydrogen-bond acceptors (Lipinski definition) is 0. The van der Waals surface area contributed by atoms with Crippen molar-refractivity contribution in [3.05, 3.63) is 24.3 Å². The van der Waals surface area contributed by atoms with E-state index in [4.69, 9.17) is 0 Å². The molecule has 0 aliphatic heterocycles. The topological polar surface area (TPSA) is 0 Å². The fourth-order valence-electron chi connectivity index (χ4n) is 1.06. The second-order valence-electron chi connectivity index (χ2n) is 3.01. The molecular formula is C9H13I. The summed E-state index contributed by atoms with van der Waals surface area (Å²) < 4.78 is 0.667. The maximum atomic E-state index is 2.50. The van der Waals surface area contributed by atoms with Gasteiger partial charge in [0, 0.05) is 9.34 Å². The average molecular weight is 248 g/mol. The number of alkyl halides is 1. The molecule has 0 aromatic carbocycles. The number of allylic oxidation sites excluding steroid dienone is 4. The summed E-state index contributed by atoms with van der Waals surface area (Å²) in [5, 5.41) is 0. The third-order valence-corrected chi connectivity index (χ3v) is 4.10. The molecule has 0 heterocycles. The van der Waals surface area contributed by atoms with Crippen LogP contribution in [0.3, 0.4) is 0 Å². The van der Waals surface area contributed by atoms with E-state index in [-0.39, 0.29) is 0 Å². The van der Waals surface area contributed by atoms with Crippen LogP contribution >= 0.6 is 22.6 Å². The molecule has 0 aromatic heterocycles. The van der Waals surface area contributed by atoms with Crippen LogP contribution in [0, 0.1) is 5.41 Å². The summed E-state index contributed by atoms with van der Waals surface area (Å²) >= 11 is 2.50. The summed E-state index contributed by atoms with van der Waals surface area (Å²) in [5.41, 5.74) is 0.398. The van der Waals surface area contributed by atoms with Crippen LogP contribution in [0.5, 0.6) is 0 Å². The highest BCUT2D eigenvalue weighted by Crippen LogP contribution is 2.35. The molecule has 0 nitrogen and oxygen atoms in total. The lowest BCUT2D eigenvalue weighted by Crippen LogP contribution is -2.24. The van der Waals surface area contributed by atoms with Crippen LogP contribution in [0.2, 0.25) is 0 Å². The van der Waals surface area contributed by atoms with Gasteiger partial charge in [-0.15, -0.1) is 0 Å². The first kappa shape index (κ1) is 8.31. The smallest absolute Gasteiger partial charge is 0.0380 e. The lowest BCUT2D eigenvalue weighted by molar-refractivity contribution is 0.435. The monoisotopic (exact) mass is 248 g/mol. The Kier molecular flexibility index (Phi) is 2.55. The second kappa shape index (κ2) is 3.07. The summed E-state index contributed by atoms with van der Waals surface area (Å²) in [5.74, 6) is 0. The van der Waals surface area contributed by atoms with Crippen LogP contribution in [-0.4, -0.2) is 3.92 Å². The van der Waals surface area contributed by atoms with E-state index in [0.29, 0.717) is 9.34 Å². The Hall–Kier alpha value is 0.210. The van der Waals surface area contributed by atoms with Gasteiger partial charge in [-0.2, -0.15) is 0 Å². The molecule has 0 aromatic rings. The predicted octanol–water partition coefficient (Wildman–Crippen LogP) is 3.33. The van der Waals surface area contributed by atoms with Crippen LogP contribution < -0.4 is 0 Å². The Morgan fingerprint density at radius 1 is 1.50 bits per heavy atom.